The van der Waals surface area contributed by atoms with Crippen molar-refractivity contribution >= 4 is 9.84 Å². The number of hydrogen-bond donors (Lipinski definition) is 0. The molecule has 0 saturated heterocycles. The van der Waals surface area contributed by atoms with Crippen LogP contribution in [0.25, 0.3) is 0 Å². The largest absolute Gasteiger partial charge is 0.219 e. The zero-order valence-corrected chi connectivity index (χ0v) is 21.3. The Morgan fingerprint density at radius 2 is 0.806 bits per heavy atom. The van der Waals surface area contributed by atoms with Crippen molar-refractivity contribution in [2.75, 3.05) is 0 Å². The highest BCUT2D eigenvalue weighted by atomic mass is 32.2. The Hall–Kier alpha value is -1.61. The van der Waals surface area contributed by atoms with E-state index in [0.717, 1.165) is 25.7 Å². The fourth-order valence-corrected chi connectivity index (χ4v) is 6.92. The third-order valence-corrected chi connectivity index (χ3v) is 10.0. The van der Waals surface area contributed by atoms with Crippen molar-refractivity contribution in [3.8, 4) is 0 Å². The van der Waals surface area contributed by atoms with Crippen LogP contribution in [-0.4, -0.2) is 8.42 Å². The molecule has 0 bridgehead atoms. The number of sulfone groups is 1. The molecule has 2 aromatic carbocycles. The van der Waals surface area contributed by atoms with Crippen LogP contribution in [-0.2, 0) is 31.5 Å². The predicted molar refractivity (Wildman–Crippen MR) is 129 cm³/mol. The van der Waals surface area contributed by atoms with Gasteiger partial charge in [-0.15, -0.1) is 0 Å². The maximum absolute atomic E-state index is 13.8. The maximum atomic E-state index is 13.8. The van der Waals surface area contributed by atoms with E-state index in [9.17, 15) is 8.42 Å². The van der Waals surface area contributed by atoms with Crippen LogP contribution in [0.1, 0.15) is 103 Å². The predicted octanol–water partition coefficient (Wildman–Crippen LogP) is 7.22. The average molecular weight is 439 g/mol. The van der Waals surface area contributed by atoms with Gasteiger partial charge in [0.05, 0.1) is 9.79 Å². The monoisotopic (exact) mass is 438 g/mol. The molecule has 31 heavy (non-hydrogen) atoms. The second kappa shape index (κ2) is 6.70. The topological polar surface area (TPSA) is 34.1 Å². The fraction of sp³-hybridized carbons (Fsp3) is 0.571. The van der Waals surface area contributed by atoms with Crippen molar-refractivity contribution < 1.29 is 8.42 Å². The molecule has 2 aromatic rings. The van der Waals surface area contributed by atoms with Crippen LogP contribution in [0.3, 0.4) is 0 Å². The molecule has 2 aliphatic carbocycles. The van der Waals surface area contributed by atoms with Crippen molar-refractivity contribution in [2.45, 2.75) is 113 Å². The molecule has 0 saturated carbocycles. The summed E-state index contributed by atoms with van der Waals surface area (Å²) in [7, 11) is -3.58. The molecule has 2 nitrogen and oxygen atoms in total. The first-order valence-corrected chi connectivity index (χ1v) is 13.1. The molecule has 168 valence electrons. The highest BCUT2D eigenvalue weighted by molar-refractivity contribution is 7.91. The quantitative estimate of drug-likeness (QED) is 0.496. The van der Waals surface area contributed by atoms with Gasteiger partial charge in [-0.25, -0.2) is 8.42 Å². The van der Waals surface area contributed by atoms with Crippen LogP contribution in [0.15, 0.2) is 46.2 Å². The molecule has 0 N–H and O–H groups in total. The van der Waals surface area contributed by atoms with Crippen molar-refractivity contribution in [3.63, 3.8) is 0 Å². The lowest BCUT2D eigenvalue weighted by atomic mass is 9.63. The van der Waals surface area contributed by atoms with Gasteiger partial charge in [0.2, 0.25) is 9.84 Å². The third-order valence-electron chi connectivity index (χ3n) is 8.27. The van der Waals surface area contributed by atoms with Crippen molar-refractivity contribution in [1.29, 1.82) is 0 Å². The summed E-state index contributed by atoms with van der Waals surface area (Å²) < 4.78 is 27.5. The second-order valence-electron chi connectivity index (χ2n) is 12.5. The van der Waals surface area contributed by atoms with Gasteiger partial charge in [0, 0.05) is 0 Å². The highest BCUT2D eigenvalue weighted by Gasteiger charge is 2.39. The Bertz CT molecular complexity index is 1060. The minimum atomic E-state index is -3.58. The molecule has 0 heterocycles. The van der Waals surface area contributed by atoms with E-state index in [1.807, 2.05) is 24.3 Å². The van der Waals surface area contributed by atoms with E-state index in [-0.39, 0.29) is 21.7 Å². The summed E-state index contributed by atoms with van der Waals surface area (Å²) in [6.45, 7) is 18.0. The lowest BCUT2D eigenvalue weighted by Crippen LogP contribution is -2.34. The fourth-order valence-electron chi connectivity index (χ4n) is 5.61. The molecule has 0 atom stereocenters. The lowest BCUT2D eigenvalue weighted by Gasteiger charge is -2.42. The molecule has 4 rings (SSSR count). The number of rotatable bonds is 2. The minimum Gasteiger partial charge on any atom is -0.219 e. The molecule has 3 heteroatoms. The van der Waals surface area contributed by atoms with Crippen molar-refractivity contribution in [2.24, 2.45) is 0 Å². The summed E-state index contributed by atoms with van der Waals surface area (Å²) in [5.41, 5.74) is 5.07. The van der Waals surface area contributed by atoms with Crippen molar-refractivity contribution in [1.82, 2.24) is 0 Å². The lowest BCUT2D eigenvalue weighted by molar-refractivity contribution is 0.331. The molecular formula is C28H38O2S. The van der Waals surface area contributed by atoms with E-state index >= 15 is 0 Å². The average Bonchev–Trinajstić information content (AvgIpc) is 2.69. The molecule has 2 aliphatic rings. The van der Waals surface area contributed by atoms with E-state index in [4.69, 9.17) is 0 Å². The second-order valence-corrected chi connectivity index (χ2v) is 14.4. The van der Waals surface area contributed by atoms with Gasteiger partial charge in [-0.1, -0.05) is 67.5 Å². The molecule has 0 aliphatic heterocycles. The van der Waals surface area contributed by atoms with Crippen LogP contribution >= 0.6 is 0 Å². The third kappa shape index (κ3) is 3.57. The first-order chi connectivity index (χ1) is 14.1. The van der Waals surface area contributed by atoms with E-state index in [1.165, 1.54) is 22.3 Å². The summed E-state index contributed by atoms with van der Waals surface area (Å²) in [6.07, 6.45) is 4.38. The van der Waals surface area contributed by atoms with Gasteiger partial charge in [0.25, 0.3) is 0 Å². The summed E-state index contributed by atoms with van der Waals surface area (Å²) in [5, 5.41) is 0. The molecule has 0 radical (unpaired) electrons. The molecular weight excluding hydrogens is 400 g/mol. The van der Waals surface area contributed by atoms with Crippen LogP contribution < -0.4 is 0 Å². The first-order valence-electron chi connectivity index (χ1n) is 11.6. The van der Waals surface area contributed by atoms with Crippen LogP contribution in [0.5, 0.6) is 0 Å². The van der Waals surface area contributed by atoms with Crippen LogP contribution in [0.2, 0.25) is 0 Å². The SMILES string of the molecule is CC1(C)CCC(C)(C)c2cc(S(=O)(=O)c3ccc4c(c3)C(C)(C)CCC4(C)C)ccc21. The van der Waals surface area contributed by atoms with E-state index < -0.39 is 9.84 Å². The molecule has 0 spiro atoms. The molecule has 0 aromatic heterocycles. The summed E-state index contributed by atoms with van der Waals surface area (Å²) in [6, 6.07) is 11.7. The molecule has 0 unspecified atom stereocenters. The van der Waals surface area contributed by atoms with Gasteiger partial charge in [0.1, 0.15) is 0 Å². The van der Waals surface area contributed by atoms with E-state index in [1.54, 1.807) is 0 Å². The Morgan fingerprint density at radius 1 is 0.516 bits per heavy atom. The first kappa shape index (κ1) is 22.6. The Labute approximate surface area is 189 Å². The standard InChI is InChI=1S/C28H38O2S/c1-25(2)13-15-27(5,6)23-17-19(9-11-21(23)25)31(29,30)20-10-12-22-24(18-20)28(7,8)16-14-26(22,3)4/h9-12,17-18H,13-16H2,1-8H3. The van der Waals surface area contributed by atoms with Gasteiger partial charge in [-0.2, -0.15) is 0 Å². The van der Waals surface area contributed by atoms with Gasteiger partial charge in [-0.05, 0) is 93.9 Å². The van der Waals surface area contributed by atoms with Crippen LogP contribution in [0, 0.1) is 0 Å². The molecule has 0 fully saturated rings. The maximum Gasteiger partial charge on any atom is 0.206 e. The van der Waals surface area contributed by atoms with E-state index in [0.29, 0.717) is 9.79 Å². The normalized spacial score (nSPS) is 23.0. The summed E-state index contributed by atoms with van der Waals surface area (Å²) >= 11 is 0. The van der Waals surface area contributed by atoms with E-state index in [2.05, 4.69) is 67.5 Å². The zero-order valence-electron chi connectivity index (χ0n) is 20.5. The number of benzene rings is 2. The number of hydrogen-bond acceptors (Lipinski definition) is 2. The number of fused-ring (bicyclic) bond motifs is 2. The Kier molecular flexibility index (Phi) is 4.88. The van der Waals surface area contributed by atoms with Crippen molar-refractivity contribution in [3.05, 3.63) is 58.7 Å². The van der Waals surface area contributed by atoms with Crippen LogP contribution in [0.4, 0.5) is 0 Å². The Balaban J connectivity index is 1.86. The summed E-state index contributed by atoms with van der Waals surface area (Å²) in [5.74, 6) is 0. The highest BCUT2D eigenvalue weighted by Crippen LogP contribution is 2.48. The Morgan fingerprint density at radius 3 is 1.13 bits per heavy atom. The van der Waals surface area contributed by atoms with Gasteiger partial charge in [0.15, 0.2) is 0 Å². The minimum absolute atomic E-state index is 0.0156. The van der Waals surface area contributed by atoms with Gasteiger partial charge >= 0.3 is 0 Å². The van der Waals surface area contributed by atoms with Gasteiger partial charge in [-0.3, -0.25) is 0 Å². The summed E-state index contributed by atoms with van der Waals surface area (Å²) in [4.78, 5) is 0.842. The zero-order chi connectivity index (χ0) is 23.0. The molecule has 0 amide bonds. The smallest absolute Gasteiger partial charge is 0.206 e. The van der Waals surface area contributed by atoms with Gasteiger partial charge < -0.3 is 0 Å².